The third-order valence-corrected chi connectivity index (χ3v) is 5.62. The molecule has 1 aliphatic carbocycles. The summed E-state index contributed by atoms with van der Waals surface area (Å²) in [6.07, 6.45) is -5.38. The first-order valence-electron chi connectivity index (χ1n) is 10.2. The molecule has 2 aromatic carbocycles. The van der Waals surface area contributed by atoms with Crippen LogP contribution < -0.4 is 5.32 Å². The van der Waals surface area contributed by atoms with E-state index in [9.17, 15) is 28.0 Å². The average Bonchev–Trinajstić information content (AvgIpc) is 3.04. The van der Waals surface area contributed by atoms with E-state index in [4.69, 9.17) is 4.74 Å². The highest BCUT2D eigenvalue weighted by atomic mass is 19.4. The molecule has 1 N–H and O–H groups in total. The highest BCUT2D eigenvalue weighted by molar-refractivity contribution is 6.22. The summed E-state index contributed by atoms with van der Waals surface area (Å²) in [6.45, 7) is 4.58. The maximum Gasteiger partial charge on any atom is 0.432 e. The van der Waals surface area contributed by atoms with Crippen LogP contribution in [-0.4, -0.2) is 24.0 Å². The number of hydrogen-bond acceptors (Lipinski definition) is 5. The summed E-state index contributed by atoms with van der Waals surface area (Å²) in [6, 6.07) is 13.1. The first-order valence-corrected chi connectivity index (χ1v) is 10.2. The van der Waals surface area contributed by atoms with Crippen LogP contribution in [-0.2, 0) is 9.53 Å². The maximum absolute atomic E-state index is 13.9. The Bertz CT molecular complexity index is 1300. The van der Waals surface area contributed by atoms with Gasteiger partial charge in [-0.25, -0.2) is 4.79 Å². The number of alkyl halides is 3. The summed E-state index contributed by atoms with van der Waals surface area (Å²) >= 11 is 0. The number of fused-ring (bicyclic) bond motifs is 3. The second kappa shape index (κ2) is 7.93. The molecule has 1 aliphatic heterocycles. The first-order chi connectivity index (χ1) is 15.6. The Labute approximate surface area is 188 Å². The number of nitrogens with one attached hydrogen (secondary N) is 1. The van der Waals surface area contributed by atoms with Crippen molar-refractivity contribution in [3.8, 4) is 17.2 Å². The number of rotatable bonds is 3. The largest absolute Gasteiger partial charge is 0.460 e. The van der Waals surface area contributed by atoms with Crippen molar-refractivity contribution in [1.82, 2.24) is 5.32 Å². The van der Waals surface area contributed by atoms with Crippen molar-refractivity contribution in [2.75, 3.05) is 0 Å². The third kappa shape index (κ3) is 3.59. The SMILES string of the molecule is CC1=C(C(=O)OC(C)C)C(c2cccc3c2-c2ccccc2C3=O)C(C#N)=C(C(F)(F)F)N1. The summed E-state index contributed by atoms with van der Waals surface area (Å²) in [5.74, 6) is -2.46. The highest BCUT2D eigenvalue weighted by Gasteiger charge is 2.46. The molecular formula is C25H19F3N2O3. The molecule has 0 aromatic heterocycles. The fourth-order valence-electron chi connectivity index (χ4n) is 4.38. The number of nitrogens with zero attached hydrogens (tertiary/aromatic N) is 1. The van der Waals surface area contributed by atoms with Crippen LogP contribution >= 0.6 is 0 Å². The van der Waals surface area contributed by atoms with Crippen LogP contribution in [0.4, 0.5) is 13.2 Å². The zero-order chi connectivity index (χ0) is 24.1. The van der Waals surface area contributed by atoms with E-state index in [2.05, 4.69) is 5.32 Å². The van der Waals surface area contributed by atoms with Gasteiger partial charge in [0.15, 0.2) is 5.78 Å². The minimum absolute atomic E-state index is 0.0628. The fourth-order valence-corrected chi connectivity index (χ4v) is 4.38. The predicted octanol–water partition coefficient (Wildman–Crippen LogP) is 5.15. The quantitative estimate of drug-likeness (QED) is 0.556. The van der Waals surface area contributed by atoms with Crippen molar-refractivity contribution in [2.24, 2.45) is 0 Å². The first kappa shape index (κ1) is 22.3. The van der Waals surface area contributed by atoms with E-state index in [1.54, 1.807) is 62.4 Å². The van der Waals surface area contributed by atoms with Crippen LogP contribution in [0.2, 0.25) is 0 Å². The van der Waals surface area contributed by atoms with Gasteiger partial charge in [0.2, 0.25) is 0 Å². The minimum Gasteiger partial charge on any atom is -0.460 e. The lowest BCUT2D eigenvalue weighted by molar-refractivity contribution is -0.143. The van der Waals surface area contributed by atoms with E-state index >= 15 is 0 Å². The number of ether oxygens (including phenoxy) is 1. The summed E-state index contributed by atoms with van der Waals surface area (Å²) in [7, 11) is 0. The topological polar surface area (TPSA) is 79.2 Å². The number of esters is 1. The molecule has 0 bridgehead atoms. The van der Waals surface area contributed by atoms with Crippen LogP contribution in [0.5, 0.6) is 0 Å². The number of carbonyl (C=O) groups excluding carboxylic acids is 2. The zero-order valence-electron chi connectivity index (χ0n) is 18.0. The van der Waals surface area contributed by atoms with E-state index in [-0.39, 0.29) is 22.6 Å². The van der Waals surface area contributed by atoms with Gasteiger partial charge in [-0.3, -0.25) is 4.79 Å². The molecule has 33 heavy (non-hydrogen) atoms. The van der Waals surface area contributed by atoms with Crippen molar-refractivity contribution in [3.63, 3.8) is 0 Å². The molecule has 8 heteroatoms. The van der Waals surface area contributed by atoms with E-state index in [0.717, 1.165) is 0 Å². The summed E-state index contributed by atoms with van der Waals surface area (Å²) in [4.78, 5) is 26.0. The number of ketones is 1. The smallest absolute Gasteiger partial charge is 0.432 e. The van der Waals surface area contributed by atoms with Crippen molar-refractivity contribution in [1.29, 1.82) is 5.26 Å². The summed E-state index contributed by atoms with van der Waals surface area (Å²) in [5, 5.41) is 12.0. The van der Waals surface area contributed by atoms with Crippen LogP contribution in [0, 0.1) is 11.3 Å². The number of allylic oxidation sites excluding steroid dienone is 3. The lowest BCUT2D eigenvalue weighted by Gasteiger charge is -2.31. The number of dihydropyridines is 1. The van der Waals surface area contributed by atoms with E-state index in [1.165, 1.54) is 6.92 Å². The molecule has 4 rings (SSSR count). The average molecular weight is 452 g/mol. The van der Waals surface area contributed by atoms with Gasteiger partial charge in [-0.1, -0.05) is 42.5 Å². The fraction of sp³-hybridized carbons (Fsp3) is 0.240. The monoisotopic (exact) mass is 452 g/mol. The lowest BCUT2D eigenvalue weighted by Crippen LogP contribution is -2.36. The Morgan fingerprint density at radius 2 is 1.73 bits per heavy atom. The molecule has 2 aromatic rings. The molecule has 2 aliphatic rings. The molecule has 0 radical (unpaired) electrons. The number of benzene rings is 2. The van der Waals surface area contributed by atoms with Gasteiger partial charge in [0.25, 0.3) is 0 Å². The van der Waals surface area contributed by atoms with Gasteiger partial charge >= 0.3 is 12.1 Å². The predicted molar refractivity (Wildman–Crippen MR) is 114 cm³/mol. The Kier molecular flexibility index (Phi) is 5.36. The normalized spacial score (nSPS) is 17.5. The van der Waals surface area contributed by atoms with Crippen molar-refractivity contribution in [3.05, 3.63) is 81.7 Å². The highest BCUT2D eigenvalue weighted by Crippen LogP contribution is 2.48. The van der Waals surface area contributed by atoms with Gasteiger partial charge in [0.1, 0.15) is 5.70 Å². The molecule has 0 amide bonds. The van der Waals surface area contributed by atoms with Crippen LogP contribution in [0.1, 0.15) is 48.2 Å². The number of carbonyl (C=O) groups is 2. The Morgan fingerprint density at radius 3 is 2.33 bits per heavy atom. The molecule has 0 saturated heterocycles. The van der Waals surface area contributed by atoms with Gasteiger partial charge in [0.05, 0.1) is 29.2 Å². The molecule has 5 nitrogen and oxygen atoms in total. The zero-order valence-corrected chi connectivity index (χ0v) is 18.0. The summed E-state index contributed by atoms with van der Waals surface area (Å²) < 4.78 is 47.0. The number of halogens is 3. The van der Waals surface area contributed by atoms with Crippen LogP contribution in [0.25, 0.3) is 11.1 Å². The van der Waals surface area contributed by atoms with Gasteiger partial charge in [-0.2, -0.15) is 18.4 Å². The van der Waals surface area contributed by atoms with Crippen molar-refractivity contribution in [2.45, 2.75) is 39.0 Å². The van der Waals surface area contributed by atoms with Crippen molar-refractivity contribution < 1.29 is 27.5 Å². The number of nitriles is 1. The maximum atomic E-state index is 13.9. The van der Waals surface area contributed by atoms with E-state index in [0.29, 0.717) is 22.3 Å². The van der Waals surface area contributed by atoms with E-state index in [1.807, 2.05) is 0 Å². The molecule has 0 saturated carbocycles. The van der Waals surface area contributed by atoms with E-state index < -0.39 is 35.4 Å². The third-order valence-electron chi connectivity index (χ3n) is 5.62. The van der Waals surface area contributed by atoms with Crippen LogP contribution in [0.15, 0.2) is 65.0 Å². The van der Waals surface area contributed by atoms with Gasteiger partial charge < -0.3 is 10.1 Å². The molecule has 0 fully saturated rings. The molecule has 1 heterocycles. The Balaban J connectivity index is 2.04. The van der Waals surface area contributed by atoms with Gasteiger partial charge in [-0.05, 0) is 37.5 Å². The van der Waals surface area contributed by atoms with Gasteiger partial charge in [-0.15, -0.1) is 0 Å². The second-order valence-electron chi connectivity index (χ2n) is 8.09. The van der Waals surface area contributed by atoms with Crippen LogP contribution in [0.3, 0.4) is 0 Å². The molecule has 1 unspecified atom stereocenters. The lowest BCUT2D eigenvalue weighted by atomic mass is 9.77. The molecule has 168 valence electrons. The molecular weight excluding hydrogens is 433 g/mol. The Hall–Kier alpha value is -3.86. The van der Waals surface area contributed by atoms with Gasteiger partial charge in [0, 0.05) is 16.8 Å². The standard InChI is InChI=1S/C25H19F3N2O3/c1-12(2)33-24(32)19-13(3)30-23(25(26,27)28)18(11-29)21(19)16-9-6-10-17-20(16)14-7-4-5-8-15(14)22(17)31/h4-10,12,21,30H,1-3H3. The summed E-state index contributed by atoms with van der Waals surface area (Å²) in [5.41, 5.74) is -0.0930. The Morgan fingerprint density at radius 1 is 1.09 bits per heavy atom. The molecule has 1 atom stereocenters. The van der Waals surface area contributed by atoms with Crippen molar-refractivity contribution >= 4 is 11.8 Å². The second-order valence-corrected chi connectivity index (χ2v) is 8.09. The number of hydrogen-bond donors (Lipinski definition) is 1. The minimum atomic E-state index is -4.86. The molecule has 0 spiro atoms.